The van der Waals surface area contributed by atoms with E-state index < -0.39 is 0 Å². The highest BCUT2D eigenvalue weighted by molar-refractivity contribution is 5.48. The quantitative estimate of drug-likeness (QED) is 0.871. The molecule has 0 saturated carbocycles. The predicted molar refractivity (Wildman–Crippen MR) is 86.2 cm³/mol. The molecule has 0 aliphatic heterocycles. The van der Waals surface area contributed by atoms with Crippen LogP contribution in [0.25, 0.3) is 0 Å². The van der Waals surface area contributed by atoms with Crippen LogP contribution in [0.1, 0.15) is 43.9 Å². The largest absolute Gasteiger partial charge is 0.496 e. The molecule has 3 nitrogen and oxygen atoms in total. The van der Waals surface area contributed by atoms with Gasteiger partial charge in [0.05, 0.1) is 12.7 Å². The molecule has 2 aromatic carbocycles. The van der Waals surface area contributed by atoms with Gasteiger partial charge >= 0.3 is 0 Å². The van der Waals surface area contributed by atoms with Crippen molar-refractivity contribution < 1.29 is 9.47 Å². The number of rotatable bonds is 5. The third-order valence-electron chi connectivity index (χ3n) is 3.45. The van der Waals surface area contributed by atoms with Crippen LogP contribution < -0.4 is 15.2 Å². The normalized spacial score (nSPS) is 12.3. The van der Waals surface area contributed by atoms with Gasteiger partial charge in [0.15, 0.2) is 0 Å². The number of methoxy groups -OCH3 is 1. The molecule has 112 valence electrons. The molecule has 0 heterocycles. The Balaban J connectivity index is 2.37. The molecule has 0 aliphatic carbocycles. The molecule has 0 fully saturated rings. The maximum Gasteiger partial charge on any atom is 0.135 e. The van der Waals surface area contributed by atoms with Crippen LogP contribution in [0.3, 0.4) is 0 Å². The highest BCUT2D eigenvalue weighted by Gasteiger charge is 2.15. The molecule has 0 aliphatic rings. The average molecular weight is 285 g/mol. The number of hydrogen-bond donors (Lipinski definition) is 1. The fourth-order valence-electron chi connectivity index (χ4n) is 2.30. The van der Waals surface area contributed by atoms with Crippen molar-refractivity contribution >= 4 is 0 Å². The van der Waals surface area contributed by atoms with Gasteiger partial charge in [0.1, 0.15) is 17.2 Å². The molecule has 0 amide bonds. The lowest BCUT2D eigenvalue weighted by molar-refractivity contribution is 0.397. The Kier molecular flexibility index (Phi) is 4.86. The highest BCUT2D eigenvalue weighted by Crippen LogP contribution is 2.36. The highest BCUT2D eigenvalue weighted by atomic mass is 16.5. The summed E-state index contributed by atoms with van der Waals surface area (Å²) in [4.78, 5) is 0. The van der Waals surface area contributed by atoms with Gasteiger partial charge in [0.2, 0.25) is 0 Å². The number of nitrogens with two attached hydrogens (primary N) is 1. The van der Waals surface area contributed by atoms with E-state index in [9.17, 15) is 0 Å². The molecule has 1 atom stereocenters. The Hall–Kier alpha value is -2.00. The van der Waals surface area contributed by atoms with Gasteiger partial charge in [-0.2, -0.15) is 0 Å². The van der Waals surface area contributed by atoms with Crippen molar-refractivity contribution in [2.24, 2.45) is 5.73 Å². The van der Waals surface area contributed by atoms with Crippen LogP contribution >= 0.6 is 0 Å². The number of benzene rings is 2. The molecule has 2 N–H and O–H groups in total. The van der Waals surface area contributed by atoms with E-state index in [0.29, 0.717) is 5.92 Å². The molecule has 0 radical (unpaired) electrons. The standard InChI is InChI=1S/C18H23NO2/c1-12(2)14-7-5-8-15(11-14)21-17-10-6-9-16(20-4)18(17)13(3)19/h5-13H,19H2,1-4H3/t13-/m0/s1. The van der Waals surface area contributed by atoms with E-state index >= 15 is 0 Å². The minimum Gasteiger partial charge on any atom is -0.496 e. The minimum atomic E-state index is -0.163. The van der Waals surface area contributed by atoms with E-state index in [1.165, 1.54) is 5.56 Å². The maximum atomic E-state index is 6.06. The maximum absolute atomic E-state index is 6.06. The third kappa shape index (κ3) is 3.56. The Morgan fingerprint density at radius 2 is 1.62 bits per heavy atom. The van der Waals surface area contributed by atoms with Crippen molar-refractivity contribution in [3.05, 3.63) is 53.6 Å². The van der Waals surface area contributed by atoms with E-state index in [4.69, 9.17) is 15.2 Å². The van der Waals surface area contributed by atoms with Crippen molar-refractivity contribution in [1.29, 1.82) is 0 Å². The van der Waals surface area contributed by atoms with E-state index in [0.717, 1.165) is 22.8 Å². The van der Waals surface area contributed by atoms with Gasteiger partial charge in [0.25, 0.3) is 0 Å². The molecule has 3 heteroatoms. The van der Waals surface area contributed by atoms with E-state index in [1.807, 2.05) is 37.3 Å². The van der Waals surface area contributed by atoms with Crippen LogP contribution in [0.2, 0.25) is 0 Å². The lowest BCUT2D eigenvalue weighted by atomic mass is 10.0. The van der Waals surface area contributed by atoms with Gasteiger partial charge in [0, 0.05) is 6.04 Å². The second-order valence-electron chi connectivity index (χ2n) is 5.49. The lowest BCUT2D eigenvalue weighted by Crippen LogP contribution is -2.08. The van der Waals surface area contributed by atoms with E-state index in [2.05, 4.69) is 26.0 Å². The molecule has 0 saturated heterocycles. The summed E-state index contributed by atoms with van der Waals surface area (Å²) in [5.74, 6) is 2.77. The van der Waals surface area contributed by atoms with Crippen molar-refractivity contribution in [3.63, 3.8) is 0 Å². The zero-order chi connectivity index (χ0) is 15.4. The topological polar surface area (TPSA) is 44.5 Å². The molecule has 0 spiro atoms. The van der Waals surface area contributed by atoms with Gasteiger partial charge < -0.3 is 15.2 Å². The van der Waals surface area contributed by atoms with Gasteiger partial charge in [-0.3, -0.25) is 0 Å². The van der Waals surface area contributed by atoms with Crippen molar-refractivity contribution in [1.82, 2.24) is 0 Å². The molecule has 0 aromatic heterocycles. The van der Waals surface area contributed by atoms with Gasteiger partial charge in [-0.05, 0) is 42.7 Å². The Labute approximate surface area is 126 Å². The third-order valence-corrected chi connectivity index (χ3v) is 3.45. The van der Waals surface area contributed by atoms with Crippen LogP contribution in [0.4, 0.5) is 0 Å². The Morgan fingerprint density at radius 1 is 0.952 bits per heavy atom. The predicted octanol–water partition coefficient (Wildman–Crippen LogP) is 4.63. The molecule has 0 unspecified atom stereocenters. The lowest BCUT2D eigenvalue weighted by Gasteiger charge is -2.17. The van der Waals surface area contributed by atoms with Crippen molar-refractivity contribution in [3.8, 4) is 17.2 Å². The summed E-state index contributed by atoms with van der Waals surface area (Å²) >= 11 is 0. The summed E-state index contributed by atoms with van der Waals surface area (Å²) in [6, 6.07) is 13.7. The SMILES string of the molecule is COc1cccc(Oc2cccc(C(C)C)c2)c1[C@H](C)N. The zero-order valence-electron chi connectivity index (χ0n) is 13.1. The number of ether oxygens (including phenoxy) is 2. The van der Waals surface area contributed by atoms with Crippen molar-refractivity contribution in [2.75, 3.05) is 7.11 Å². The molecule has 2 rings (SSSR count). The first kappa shape index (κ1) is 15.4. The molecular weight excluding hydrogens is 262 g/mol. The Bertz CT molecular complexity index is 606. The smallest absolute Gasteiger partial charge is 0.135 e. The molecule has 0 bridgehead atoms. The summed E-state index contributed by atoms with van der Waals surface area (Å²) in [6.45, 7) is 6.26. The minimum absolute atomic E-state index is 0.163. The second kappa shape index (κ2) is 6.64. The second-order valence-corrected chi connectivity index (χ2v) is 5.49. The average Bonchev–Trinajstić information content (AvgIpc) is 2.46. The van der Waals surface area contributed by atoms with Gasteiger partial charge in [-0.25, -0.2) is 0 Å². The first-order chi connectivity index (χ1) is 10.0. The number of hydrogen-bond acceptors (Lipinski definition) is 3. The molecule has 2 aromatic rings. The Morgan fingerprint density at radius 3 is 2.24 bits per heavy atom. The summed E-state index contributed by atoms with van der Waals surface area (Å²) in [7, 11) is 1.64. The monoisotopic (exact) mass is 285 g/mol. The van der Waals surface area contributed by atoms with Crippen LogP contribution in [-0.4, -0.2) is 7.11 Å². The van der Waals surface area contributed by atoms with Gasteiger partial charge in [-0.15, -0.1) is 0 Å². The van der Waals surface area contributed by atoms with Crippen LogP contribution in [-0.2, 0) is 0 Å². The van der Waals surface area contributed by atoms with Crippen LogP contribution in [0, 0.1) is 0 Å². The van der Waals surface area contributed by atoms with E-state index in [1.54, 1.807) is 7.11 Å². The molecular formula is C18H23NO2. The fraction of sp³-hybridized carbons (Fsp3) is 0.333. The van der Waals surface area contributed by atoms with Crippen molar-refractivity contribution in [2.45, 2.75) is 32.7 Å². The summed E-state index contributed by atoms with van der Waals surface area (Å²) in [5.41, 5.74) is 8.19. The van der Waals surface area contributed by atoms with Gasteiger partial charge in [-0.1, -0.05) is 32.0 Å². The summed E-state index contributed by atoms with van der Waals surface area (Å²) in [6.07, 6.45) is 0. The van der Waals surface area contributed by atoms with Crippen LogP contribution in [0.15, 0.2) is 42.5 Å². The fourth-order valence-corrected chi connectivity index (χ4v) is 2.30. The first-order valence-electron chi connectivity index (χ1n) is 7.23. The summed E-state index contributed by atoms with van der Waals surface area (Å²) in [5, 5.41) is 0. The first-order valence-corrected chi connectivity index (χ1v) is 7.23. The van der Waals surface area contributed by atoms with Crippen LogP contribution in [0.5, 0.6) is 17.2 Å². The van der Waals surface area contributed by atoms with E-state index in [-0.39, 0.29) is 6.04 Å². The summed E-state index contributed by atoms with van der Waals surface area (Å²) < 4.78 is 11.4. The molecule has 21 heavy (non-hydrogen) atoms. The zero-order valence-corrected chi connectivity index (χ0v) is 13.1.